The molecule has 1 aromatic rings. The van der Waals surface area contributed by atoms with Gasteiger partial charge < -0.3 is 16.2 Å². The molecule has 0 aliphatic heterocycles. The van der Waals surface area contributed by atoms with E-state index in [9.17, 15) is 4.79 Å². The number of nitrogen functional groups attached to an aromatic ring is 1. The van der Waals surface area contributed by atoms with Gasteiger partial charge in [0.15, 0.2) is 0 Å². The van der Waals surface area contributed by atoms with E-state index in [4.69, 9.17) is 22.4 Å². The number of carbonyl (C=O) groups excluding carboxylic acids is 1. The van der Waals surface area contributed by atoms with Crippen molar-refractivity contribution in [1.82, 2.24) is 5.32 Å². The monoisotopic (exact) mass is 270 g/mol. The van der Waals surface area contributed by atoms with Crippen LogP contribution in [0.15, 0.2) is 18.2 Å². The van der Waals surface area contributed by atoms with Crippen LogP contribution >= 0.6 is 11.6 Å². The topological polar surface area (TPSA) is 75.4 Å². The molecular weight excluding hydrogens is 252 g/mol. The minimum Gasteiger partial charge on any atom is -0.398 e. The van der Waals surface area contributed by atoms with Crippen molar-refractivity contribution in [2.45, 2.75) is 25.7 Å². The largest absolute Gasteiger partial charge is 0.398 e. The molecule has 0 aliphatic carbocycles. The van der Waals surface area contributed by atoms with Crippen LogP contribution in [0.4, 0.5) is 5.69 Å². The fourth-order valence-corrected chi connectivity index (χ4v) is 1.74. The van der Waals surface area contributed by atoms with Crippen LogP contribution in [0, 0.1) is 0 Å². The van der Waals surface area contributed by atoms with Crippen molar-refractivity contribution in [2.75, 3.05) is 18.9 Å². The quantitative estimate of drug-likeness (QED) is 0.525. The smallest absolute Gasteiger partial charge is 0.251 e. The Kier molecular flexibility index (Phi) is 6.54. The van der Waals surface area contributed by atoms with Crippen LogP contribution in [0.2, 0.25) is 5.02 Å². The third-order valence-electron chi connectivity index (χ3n) is 2.63. The number of rotatable bonds is 7. The number of nitrogens with two attached hydrogens (primary N) is 1. The van der Waals surface area contributed by atoms with Gasteiger partial charge in [-0.3, -0.25) is 4.79 Å². The predicted octanol–water partition coefficient (Wildman–Crippen LogP) is 2.20. The van der Waals surface area contributed by atoms with E-state index in [1.165, 1.54) is 0 Å². The van der Waals surface area contributed by atoms with Crippen LogP contribution in [0.5, 0.6) is 0 Å². The summed E-state index contributed by atoms with van der Waals surface area (Å²) in [5, 5.41) is 11.8. The number of aliphatic hydroxyl groups excluding tert-OH is 1. The van der Waals surface area contributed by atoms with Crippen molar-refractivity contribution in [1.29, 1.82) is 0 Å². The molecule has 0 saturated carbocycles. The minimum absolute atomic E-state index is 0.140. The highest BCUT2D eigenvalue weighted by Crippen LogP contribution is 2.19. The Bertz CT molecular complexity index is 397. The lowest BCUT2D eigenvalue weighted by Gasteiger charge is -2.06. The first-order valence-corrected chi connectivity index (χ1v) is 6.47. The number of hydrogen-bond acceptors (Lipinski definition) is 3. The molecule has 0 unspecified atom stereocenters. The van der Waals surface area contributed by atoms with Crippen molar-refractivity contribution in [2.24, 2.45) is 0 Å². The van der Waals surface area contributed by atoms with Gasteiger partial charge in [0.2, 0.25) is 0 Å². The molecule has 18 heavy (non-hydrogen) atoms. The molecule has 1 rings (SSSR count). The molecule has 0 fully saturated rings. The van der Waals surface area contributed by atoms with E-state index < -0.39 is 0 Å². The number of aliphatic hydroxyl groups is 1. The zero-order valence-corrected chi connectivity index (χ0v) is 11.0. The lowest BCUT2D eigenvalue weighted by Crippen LogP contribution is -2.24. The number of carbonyl (C=O) groups is 1. The molecule has 4 N–H and O–H groups in total. The van der Waals surface area contributed by atoms with E-state index in [-0.39, 0.29) is 12.5 Å². The summed E-state index contributed by atoms with van der Waals surface area (Å²) in [5.74, 6) is -0.140. The van der Waals surface area contributed by atoms with Crippen molar-refractivity contribution in [3.05, 3.63) is 28.8 Å². The number of halogens is 1. The Morgan fingerprint density at radius 2 is 2.00 bits per heavy atom. The highest BCUT2D eigenvalue weighted by atomic mass is 35.5. The Balaban J connectivity index is 2.30. The van der Waals surface area contributed by atoms with E-state index in [1.54, 1.807) is 18.2 Å². The number of hydrogen-bond donors (Lipinski definition) is 3. The molecule has 4 nitrogen and oxygen atoms in total. The summed E-state index contributed by atoms with van der Waals surface area (Å²) < 4.78 is 0. The van der Waals surface area contributed by atoms with Gasteiger partial charge in [-0.05, 0) is 31.0 Å². The third kappa shape index (κ3) is 4.94. The second-order valence-corrected chi connectivity index (χ2v) is 4.54. The molecule has 0 aliphatic rings. The van der Waals surface area contributed by atoms with Crippen LogP contribution in [0.25, 0.3) is 0 Å². The van der Waals surface area contributed by atoms with Crippen LogP contribution < -0.4 is 11.1 Å². The number of nitrogens with one attached hydrogen (secondary N) is 1. The summed E-state index contributed by atoms with van der Waals surface area (Å²) in [5.41, 5.74) is 6.56. The van der Waals surface area contributed by atoms with Gasteiger partial charge in [0.25, 0.3) is 5.91 Å². The molecule has 0 spiro atoms. The molecule has 0 radical (unpaired) electrons. The summed E-state index contributed by atoms with van der Waals surface area (Å²) in [6.45, 7) is 0.864. The maximum absolute atomic E-state index is 11.7. The zero-order valence-electron chi connectivity index (χ0n) is 10.3. The van der Waals surface area contributed by atoms with E-state index in [0.29, 0.717) is 22.8 Å². The summed E-state index contributed by atoms with van der Waals surface area (Å²) in [6.07, 6.45) is 3.72. The average molecular weight is 271 g/mol. The molecule has 1 aromatic carbocycles. The van der Waals surface area contributed by atoms with Crippen molar-refractivity contribution in [3.8, 4) is 0 Å². The molecule has 1 amide bonds. The van der Waals surface area contributed by atoms with E-state index >= 15 is 0 Å². The van der Waals surface area contributed by atoms with Crippen molar-refractivity contribution >= 4 is 23.2 Å². The zero-order chi connectivity index (χ0) is 13.4. The number of anilines is 1. The molecule has 0 aromatic heterocycles. The highest BCUT2D eigenvalue weighted by Gasteiger charge is 2.06. The molecule has 0 heterocycles. The fourth-order valence-electron chi connectivity index (χ4n) is 1.56. The Hall–Kier alpha value is -1.26. The molecule has 0 atom stereocenters. The Morgan fingerprint density at radius 1 is 1.28 bits per heavy atom. The van der Waals surface area contributed by atoms with Gasteiger partial charge in [-0.15, -0.1) is 0 Å². The standard InChI is InChI=1S/C13H19ClN2O2/c14-11-9-10(5-6-12(11)15)13(18)16-7-3-1-2-4-8-17/h5-6,9,17H,1-4,7-8,15H2,(H,16,18). The van der Waals surface area contributed by atoms with Crippen LogP contribution in [-0.4, -0.2) is 24.2 Å². The van der Waals surface area contributed by atoms with E-state index in [1.807, 2.05) is 0 Å². The maximum Gasteiger partial charge on any atom is 0.251 e. The lowest BCUT2D eigenvalue weighted by atomic mass is 10.1. The fraction of sp³-hybridized carbons (Fsp3) is 0.462. The summed E-state index contributed by atoms with van der Waals surface area (Å²) in [7, 11) is 0. The molecule has 5 heteroatoms. The minimum atomic E-state index is -0.140. The molecular formula is C13H19ClN2O2. The van der Waals surface area contributed by atoms with Gasteiger partial charge in [-0.25, -0.2) is 0 Å². The Labute approximate surface area is 112 Å². The van der Waals surface area contributed by atoms with Crippen molar-refractivity contribution in [3.63, 3.8) is 0 Å². The molecule has 100 valence electrons. The molecule has 0 saturated heterocycles. The first kappa shape index (κ1) is 14.8. The second kappa shape index (κ2) is 7.95. The van der Waals surface area contributed by atoms with Gasteiger partial charge in [-0.2, -0.15) is 0 Å². The Morgan fingerprint density at radius 3 is 2.67 bits per heavy atom. The van der Waals surface area contributed by atoms with Gasteiger partial charge in [0.05, 0.1) is 10.7 Å². The SMILES string of the molecule is Nc1ccc(C(=O)NCCCCCCO)cc1Cl. The van der Waals surface area contributed by atoms with Gasteiger partial charge >= 0.3 is 0 Å². The summed E-state index contributed by atoms with van der Waals surface area (Å²) in [4.78, 5) is 11.7. The van der Waals surface area contributed by atoms with E-state index in [2.05, 4.69) is 5.32 Å². The predicted molar refractivity (Wildman–Crippen MR) is 73.8 cm³/mol. The van der Waals surface area contributed by atoms with Crippen LogP contribution in [-0.2, 0) is 0 Å². The third-order valence-corrected chi connectivity index (χ3v) is 2.96. The normalized spacial score (nSPS) is 10.3. The van der Waals surface area contributed by atoms with Crippen LogP contribution in [0.1, 0.15) is 36.0 Å². The first-order valence-electron chi connectivity index (χ1n) is 6.09. The number of unbranched alkanes of at least 4 members (excludes halogenated alkanes) is 3. The highest BCUT2D eigenvalue weighted by molar-refractivity contribution is 6.33. The van der Waals surface area contributed by atoms with Gasteiger partial charge in [0, 0.05) is 18.7 Å². The van der Waals surface area contributed by atoms with Gasteiger partial charge in [-0.1, -0.05) is 24.4 Å². The summed E-state index contributed by atoms with van der Waals surface area (Å²) in [6, 6.07) is 4.85. The number of amides is 1. The first-order chi connectivity index (χ1) is 8.65. The van der Waals surface area contributed by atoms with Gasteiger partial charge in [0.1, 0.15) is 0 Å². The lowest BCUT2D eigenvalue weighted by molar-refractivity contribution is 0.0953. The maximum atomic E-state index is 11.7. The second-order valence-electron chi connectivity index (χ2n) is 4.13. The summed E-state index contributed by atoms with van der Waals surface area (Å²) >= 11 is 5.85. The number of benzene rings is 1. The molecule has 0 bridgehead atoms. The average Bonchev–Trinajstić information content (AvgIpc) is 2.36. The van der Waals surface area contributed by atoms with Crippen LogP contribution in [0.3, 0.4) is 0 Å². The van der Waals surface area contributed by atoms with E-state index in [0.717, 1.165) is 25.7 Å². The van der Waals surface area contributed by atoms with Crippen molar-refractivity contribution < 1.29 is 9.90 Å².